The third kappa shape index (κ3) is 2.98. The number of aromatic nitrogens is 1. The number of nitrogens with one attached hydrogen (secondary N) is 1. The molecule has 0 saturated carbocycles. The number of carbonyl (C=O) groups excluding carboxylic acids is 1. The number of carbonyl (C=O) groups is 1. The zero-order chi connectivity index (χ0) is 13.2. The van der Waals surface area contributed by atoms with Crippen molar-refractivity contribution < 1.29 is 4.79 Å². The monoisotopic (exact) mass is 279 g/mol. The molecule has 3 fully saturated rings. The molecule has 104 valence electrons. The second-order valence-corrected chi connectivity index (χ2v) is 6.46. The van der Waals surface area contributed by atoms with Gasteiger partial charge in [0, 0.05) is 29.9 Å². The zero-order valence-corrected chi connectivity index (χ0v) is 12.2. The molecule has 1 unspecified atom stereocenters. The van der Waals surface area contributed by atoms with E-state index >= 15 is 0 Å². The zero-order valence-electron chi connectivity index (χ0n) is 11.3. The Balaban J connectivity index is 1.62. The first kappa shape index (κ1) is 13.1. The van der Waals surface area contributed by atoms with Gasteiger partial charge in [0.05, 0.1) is 0 Å². The molecule has 3 aliphatic heterocycles. The highest BCUT2D eigenvalue weighted by Crippen LogP contribution is 2.26. The van der Waals surface area contributed by atoms with E-state index in [9.17, 15) is 4.79 Å². The SMILES string of the molecule is CSc1ccn(C(=O)NC2CC3CCN(CC3)C2)c1. The summed E-state index contributed by atoms with van der Waals surface area (Å²) in [4.78, 5) is 15.8. The number of amides is 1. The lowest BCUT2D eigenvalue weighted by atomic mass is 9.94. The minimum atomic E-state index is 0.00722. The van der Waals surface area contributed by atoms with Crippen molar-refractivity contribution in [2.75, 3.05) is 25.9 Å². The van der Waals surface area contributed by atoms with Gasteiger partial charge in [-0.05, 0) is 50.6 Å². The van der Waals surface area contributed by atoms with Crippen LogP contribution in [-0.2, 0) is 0 Å². The Morgan fingerprint density at radius 1 is 1.42 bits per heavy atom. The molecule has 1 N–H and O–H groups in total. The molecule has 0 spiro atoms. The molecule has 1 aromatic heterocycles. The van der Waals surface area contributed by atoms with Crippen LogP contribution in [0.1, 0.15) is 19.3 Å². The fraction of sp³-hybridized carbons (Fsp3) is 0.643. The first-order valence-corrected chi connectivity index (χ1v) is 8.22. The van der Waals surface area contributed by atoms with Crippen molar-refractivity contribution in [3.63, 3.8) is 0 Å². The van der Waals surface area contributed by atoms with Crippen molar-refractivity contribution in [3.8, 4) is 0 Å². The van der Waals surface area contributed by atoms with E-state index in [0.717, 1.165) is 23.8 Å². The highest BCUT2D eigenvalue weighted by atomic mass is 32.2. The highest BCUT2D eigenvalue weighted by Gasteiger charge is 2.29. The Labute approximate surface area is 118 Å². The Morgan fingerprint density at radius 2 is 2.21 bits per heavy atom. The summed E-state index contributed by atoms with van der Waals surface area (Å²) in [7, 11) is 0. The van der Waals surface area contributed by atoms with Gasteiger partial charge >= 0.3 is 6.03 Å². The summed E-state index contributed by atoms with van der Waals surface area (Å²) < 4.78 is 1.66. The maximum absolute atomic E-state index is 12.2. The molecule has 0 radical (unpaired) electrons. The number of piperidine rings is 1. The Hall–Kier alpha value is -0.940. The van der Waals surface area contributed by atoms with Crippen LogP contribution < -0.4 is 5.32 Å². The standard InChI is InChI=1S/C14H21N3OS/c1-19-13-4-7-17(10-13)14(18)15-12-8-11-2-5-16(9-12)6-3-11/h4,7,10-12H,2-3,5-6,8-9H2,1H3,(H,15,18). The van der Waals surface area contributed by atoms with E-state index in [1.807, 2.05) is 24.7 Å². The molecule has 4 nitrogen and oxygen atoms in total. The summed E-state index contributed by atoms with van der Waals surface area (Å²) in [6.45, 7) is 3.42. The summed E-state index contributed by atoms with van der Waals surface area (Å²) >= 11 is 1.66. The van der Waals surface area contributed by atoms with Crippen molar-refractivity contribution in [2.24, 2.45) is 5.92 Å². The van der Waals surface area contributed by atoms with Crippen molar-refractivity contribution in [2.45, 2.75) is 30.2 Å². The maximum Gasteiger partial charge on any atom is 0.325 e. The Kier molecular flexibility index (Phi) is 3.84. The molecule has 19 heavy (non-hydrogen) atoms. The van der Waals surface area contributed by atoms with Gasteiger partial charge in [0.25, 0.3) is 0 Å². The van der Waals surface area contributed by atoms with Gasteiger partial charge in [-0.15, -0.1) is 11.8 Å². The molecular formula is C14H21N3OS. The van der Waals surface area contributed by atoms with Crippen molar-refractivity contribution in [1.29, 1.82) is 0 Å². The van der Waals surface area contributed by atoms with Crippen LogP contribution in [0.3, 0.4) is 0 Å². The lowest BCUT2D eigenvalue weighted by molar-refractivity contribution is 0.217. The van der Waals surface area contributed by atoms with Gasteiger partial charge in [0.15, 0.2) is 0 Å². The molecule has 3 aliphatic rings. The van der Waals surface area contributed by atoms with Crippen LogP contribution in [0.5, 0.6) is 0 Å². The predicted octanol–water partition coefficient (Wildman–Crippen LogP) is 2.25. The minimum Gasteiger partial charge on any atom is -0.333 e. The fourth-order valence-electron chi connectivity index (χ4n) is 3.17. The number of hydrogen-bond acceptors (Lipinski definition) is 3. The summed E-state index contributed by atoms with van der Waals surface area (Å²) in [6.07, 6.45) is 9.49. The van der Waals surface area contributed by atoms with Crippen molar-refractivity contribution in [1.82, 2.24) is 14.8 Å². The number of hydrogen-bond donors (Lipinski definition) is 1. The fourth-order valence-corrected chi connectivity index (χ4v) is 3.59. The lowest BCUT2D eigenvalue weighted by Crippen LogP contribution is -2.43. The van der Waals surface area contributed by atoms with Gasteiger partial charge in [-0.2, -0.15) is 0 Å². The average molecular weight is 279 g/mol. The molecule has 0 aliphatic carbocycles. The van der Waals surface area contributed by atoms with Crippen LogP contribution in [0.25, 0.3) is 0 Å². The third-order valence-corrected chi connectivity index (χ3v) is 4.98. The quantitative estimate of drug-likeness (QED) is 0.844. The Bertz CT molecular complexity index is 437. The van der Waals surface area contributed by atoms with Crippen LogP contribution in [0, 0.1) is 5.92 Å². The molecule has 4 heterocycles. The number of fused-ring (bicyclic) bond motifs is 4. The van der Waals surface area contributed by atoms with Gasteiger partial charge in [-0.25, -0.2) is 4.79 Å². The smallest absolute Gasteiger partial charge is 0.325 e. The predicted molar refractivity (Wildman–Crippen MR) is 77.7 cm³/mol. The molecule has 2 bridgehead atoms. The van der Waals surface area contributed by atoms with Crippen LogP contribution in [0.15, 0.2) is 23.4 Å². The summed E-state index contributed by atoms with van der Waals surface area (Å²) in [6, 6.07) is 2.29. The van der Waals surface area contributed by atoms with Gasteiger partial charge in [0.1, 0.15) is 0 Å². The highest BCUT2D eigenvalue weighted by molar-refractivity contribution is 7.98. The van der Waals surface area contributed by atoms with E-state index in [1.165, 1.54) is 25.9 Å². The molecule has 0 aromatic carbocycles. The van der Waals surface area contributed by atoms with Crippen LogP contribution in [-0.4, -0.2) is 47.4 Å². The second kappa shape index (κ2) is 5.59. The maximum atomic E-state index is 12.2. The van der Waals surface area contributed by atoms with E-state index < -0.39 is 0 Å². The average Bonchev–Trinajstić information content (AvgIpc) is 2.73. The van der Waals surface area contributed by atoms with Crippen LogP contribution in [0.4, 0.5) is 4.79 Å². The lowest BCUT2D eigenvalue weighted by Gasteiger charge is -2.26. The topological polar surface area (TPSA) is 37.3 Å². The second-order valence-electron chi connectivity index (χ2n) is 5.58. The van der Waals surface area contributed by atoms with E-state index in [0.29, 0.717) is 6.04 Å². The Morgan fingerprint density at radius 3 is 2.89 bits per heavy atom. The first-order chi connectivity index (χ1) is 9.24. The number of rotatable bonds is 2. The molecule has 1 amide bonds. The molecule has 3 saturated heterocycles. The van der Waals surface area contributed by atoms with Crippen molar-refractivity contribution in [3.05, 3.63) is 18.5 Å². The van der Waals surface area contributed by atoms with E-state index in [1.54, 1.807) is 16.3 Å². The molecule has 5 heteroatoms. The normalized spacial score (nSPS) is 30.1. The minimum absolute atomic E-state index is 0.00722. The van der Waals surface area contributed by atoms with E-state index in [-0.39, 0.29) is 6.03 Å². The third-order valence-electron chi connectivity index (χ3n) is 4.27. The van der Waals surface area contributed by atoms with Gasteiger partial charge in [-0.1, -0.05) is 0 Å². The summed E-state index contributed by atoms with van der Waals surface area (Å²) in [5.41, 5.74) is 0. The molecule has 4 rings (SSSR count). The largest absolute Gasteiger partial charge is 0.333 e. The van der Waals surface area contributed by atoms with Crippen molar-refractivity contribution >= 4 is 17.8 Å². The summed E-state index contributed by atoms with van der Waals surface area (Å²) in [5, 5.41) is 3.19. The van der Waals surface area contributed by atoms with Crippen LogP contribution >= 0.6 is 11.8 Å². The van der Waals surface area contributed by atoms with Crippen LogP contribution in [0.2, 0.25) is 0 Å². The van der Waals surface area contributed by atoms with Gasteiger partial charge in [-0.3, -0.25) is 4.57 Å². The number of thioether (sulfide) groups is 1. The summed E-state index contributed by atoms with van der Waals surface area (Å²) in [5.74, 6) is 0.801. The van der Waals surface area contributed by atoms with E-state index in [2.05, 4.69) is 10.2 Å². The number of nitrogens with zero attached hydrogens (tertiary/aromatic N) is 2. The molecular weight excluding hydrogens is 258 g/mol. The molecule has 1 aromatic rings. The van der Waals surface area contributed by atoms with Gasteiger partial charge in [0.2, 0.25) is 0 Å². The molecule has 1 atom stereocenters. The van der Waals surface area contributed by atoms with Gasteiger partial charge < -0.3 is 10.2 Å². The first-order valence-electron chi connectivity index (χ1n) is 7.00. The van der Waals surface area contributed by atoms with E-state index in [4.69, 9.17) is 0 Å².